The van der Waals surface area contributed by atoms with Crippen LogP contribution in [0, 0.1) is 0 Å². The van der Waals surface area contributed by atoms with Crippen LogP contribution in [0.3, 0.4) is 0 Å². The fourth-order valence-corrected chi connectivity index (χ4v) is 1.86. The number of aromatic nitrogens is 1. The van der Waals surface area contributed by atoms with Gasteiger partial charge in [-0.05, 0) is 37.3 Å². The van der Waals surface area contributed by atoms with Crippen molar-refractivity contribution in [3.63, 3.8) is 0 Å². The van der Waals surface area contributed by atoms with Crippen molar-refractivity contribution in [2.45, 2.75) is 13.8 Å². The summed E-state index contributed by atoms with van der Waals surface area (Å²) < 4.78 is 4.78. The Morgan fingerprint density at radius 3 is 2.52 bits per heavy atom. The molecule has 0 unspecified atom stereocenters. The first kappa shape index (κ1) is 16.3. The molecule has 0 bridgehead atoms. The van der Waals surface area contributed by atoms with Gasteiger partial charge in [-0.3, -0.25) is 10.1 Å². The van der Waals surface area contributed by atoms with Crippen LogP contribution in [0.2, 0.25) is 0 Å². The Hall–Kier alpha value is -3.09. The van der Waals surface area contributed by atoms with E-state index in [1.165, 1.54) is 6.92 Å². The van der Waals surface area contributed by atoms with Crippen molar-refractivity contribution in [3.8, 4) is 0 Å². The lowest BCUT2D eigenvalue weighted by atomic mass is 10.2. The SMILES string of the molecule is CCOC(=O)Nc1ccc(Nc2cccc(NC(C)=O)c2)cn1. The Morgan fingerprint density at radius 1 is 1.09 bits per heavy atom. The molecule has 7 nitrogen and oxygen atoms in total. The number of anilines is 4. The molecular weight excluding hydrogens is 296 g/mol. The molecule has 0 saturated carbocycles. The largest absolute Gasteiger partial charge is 0.450 e. The van der Waals surface area contributed by atoms with Crippen LogP contribution in [0.1, 0.15) is 13.8 Å². The number of ether oxygens (including phenoxy) is 1. The van der Waals surface area contributed by atoms with Crippen molar-refractivity contribution in [1.29, 1.82) is 0 Å². The van der Waals surface area contributed by atoms with Crippen LogP contribution in [0.25, 0.3) is 0 Å². The molecule has 23 heavy (non-hydrogen) atoms. The van der Waals surface area contributed by atoms with Gasteiger partial charge in [0.1, 0.15) is 5.82 Å². The third-order valence-corrected chi connectivity index (χ3v) is 2.74. The molecule has 0 saturated heterocycles. The van der Waals surface area contributed by atoms with Gasteiger partial charge in [-0.25, -0.2) is 9.78 Å². The lowest BCUT2D eigenvalue weighted by Gasteiger charge is -2.09. The standard InChI is InChI=1S/C16H18N4O3/c1-3-23-16(22)20-15-8-7-14(10-17-15)19-13-6-4-5-12(9-13)18-11(2)21/h4-10,19H,3H2,1-2H3,(H,18,21)(H,17,20,22). The normalized spacial score (nSPS) is 9.83. The highest BCUT2D eigenvalue weighted by atomic mass is 16.5. The Bertz CT molecular complexity index is 686. The number of nitrogens with one attached hydrogen (secondary N) is 3. The number of nitrogens with zero attached hydrogens (tertiary/aromatic N) is 1. The van der Waals surface area contributed by atoms with Crippen molar-refractivity contribution < 1.29 is 14.3 Å². The quantitative estimate of drug-likeness (QED) is 0.787. The Kier molecular flexibility index (Phi) is 5.51. The van der Waals surface area contributed by atoms with Crippen molar-refractivity contribution in [1.82, 2.24) is 4.98 Å². The van der Waals surface area contributed by atoms with Gasteiger partial charge in [-0.1, -0.05) is 6.07 Å². The molecule has 0 fully saturated rings. The van der Waals surface area contributed by atoms with E-state index in [-0.39, 0.29) is 5.91 Å². The average molecular weight is 314 g/mol. The van der Waals surface area contributed by atoms with Gasteiger partial charge in [0.05, 0.1) is 18.5 Å². The average Bonchev–Trinajstić information content (AvgIpc) is 2.49. The fourth-order valence-electron chi connectivity index (χ4n) is 1.86. The van der Waals surface area contributed by atoms with Crippen LogP contribution in [-0.2, 0) is 9.53 Å². The molecule has 2 amide bonds. The van der Waals surface area contributed by atoms with Gasteiger partial charge in [0.25, 0.3) is 0 Å². The number of hydrogen-bond donors (Lipinski definition) is 3. The van der Waals surface area contributed by atoms with Gasteiger partial charge in [-0.15, -0.1) is 0 Å². The fraction of sp³-hybridized carbons (Fsp3) is 0.188. The number of hydrogen-bond acceptors (Lipinski definition) is 5. The number of pyridine rings is 1. The van der Waals surface area contributed by atoms with Gasteiger partial charge in [0.15, 0.2) is 0 Å². The molecule has 120 valence electrons. The predicted molar refractivity (Wildman–Crippen MR) is 88.9 cm³/mol. The molecule has 1 heterocycles. The minimum absolute atomic E-state index is 0.127. The van der Waals surface area contributed by atoms with Crippen molar-refractivity contribution in [3.05, 3.63) is 42.6 Å². The summed E-state index contributed by atoms with van der Waals surface area (Å²) >= 11 is 0. The number of amides is 2. The zero-order valence-corrected chi connectivity index (χ0v) is 12.9. The summed E-state index contributed by atoms with van der Waals surface area (Å²) in [4.78, 5) is 26.5. The summed E-state index contributed by atoms with van der Waals surface area (Å²) in [5, 5.41) is 8.40. The number of carbonyl (C=O) groups excluding carboxylic acids is 2. The maximum Gasteiger partial charge on any atom is 0.412 e. The summed E-state index contributed by atoms with van der Waals surface area (Å²) in [6, 6.07) is 10.8. The van der Waals surface area contributed by atoms with Gasteiger partial charge in [-0.2, -0.15) is 0 Å². The lowest BCUT2D eigenvalue weighted by Crippen LogP contribution is -2.14. The van der Waals surface area contributed by atoms with Gasteiger partial charge < -0.3 is 15.4 Å². The minimum Gasteiger partial charge on any atom is -0.450 e. The third kappa shape index (κ3) is 5.31. The molecule has 0 radical (unpaired) electrons. The van der Waals surface area contributed by atoms with E-state index in [0.717, 1.165) is 11.4 Å². The molecule has 7 heteroatoms. The highest BCUT2D eigenvalue weighted by molar-refractivity contribution is 5.89. The van der Waals surface area contributed by atoms with Crippen LogP contribution in [0.5, 0.6) is 0 Å². The van der Waals surface area contributed by atoms with Crippen LogP contribution in [-0.4, -0.2) is 23.6 Å². The molecule has 0 aliphatic heterocycles. The molecule has 0 aliphatic carbocycles. The van der Waals surface area contributed by atoms with Crippen LogP contribution >= 0.6 is 0 Å². The Labute approximate surface area is 134 Å². The zero-order valence-electron chi connectivity index (χ0n) is 12.9. The summed E-state index contributed by atoms with van der Waals surface area (Å²) in [5.74, 6) is 0.277. The van der Waals surface area contributed by atoms with E-state index >= 15 is 0 Å². The summed E-state index contributed by atoms with van der Waals surface area (Å²) in [6.07, 6.45) is 1.05. The molecule has 1 aromatic heterocycles. The van der Waals surface area contributed by atoms with Crippen molar-refractivity contribution in [2.24, 2.45) is 0 Å². The van der Waals surface area contributed by atoms with Crippen molar-refractivity contribution in [2.75, 3.05) is 22.6 Å². The van der Waals surface area contributed by atoms with Gasteiger partial charge in [0.2, 0.25) is 5.91 Å². The zero-order chi connectivity index (χ0) is 16.7. The second-order valence-corrected chi connectivity index (χ2v) is 4.66. The molecular formula is C16H18N4O3. The lowest BCUT2D eigenvalue weighted by molar-refractivity contribution is -0.114. The first-order chi connectivity index (χ1) is 11.1. The van der Waals surface area contributed by atoms with E-state index in [4.69, 9.17) is 4.74 Å². The van der Waals surface area contributed by atoms with E-state index in [0.29, 0.717) is 18.1 Å². The maximum atomic E-state index is 11.3. The third-order valence-electron chi connectivity index (χ3n) is 2.74. The summed E-state index contributed by atoms with van der Waals surface area (Å²) in [7, 11) is 0. The van der Waals surface area contributed by atoms with Crippen LogP contribution in [0.15, 0.2) is 42.6 Å². The second kappa shape index (κ2) is 7.79. The number of carbonyl (C=O) groups is 2. The van der Waals surface area contributed by atoms with E-state index in [9.17, 15) is 9.59 Å². The minimum atomic E-state index is -0.538. The predicted octanol–water partition coefficient (Wildman–Crippen LogP) is 3.35. The van der Waals surface area contributed by atoms with E-state index in [1.807, 2.05) is 18.2 Å². The Morgan fingerprint density at radius 2 is 1.87 bits per heavy atom. The van der Waals surface area contributed by atoms with Crippen LogP contribution < -0.4 is 16.0 Å². The summed E-state index contributed by atoms with van der Waals surface area (Å²) in [6.45, 7) is 3.49. The van der Waals surface area contributed by atoms with E-state index in [1.54, 1.807) is 31.3 Å². The molecule has 2 aromatic rings. The second-order valence-electron chi connectivity index (χ2n) is 4.66. The highest BCUT2D eigenvalue weighted by Gasteiger charge is 2.03. The Balaban J connectivity index is 2.00. The number of benzene rings is 1. The smallest absolute Gasteiger partial charge is 0.412 e. The van der Waals surface area contributed by atoms with Crippen LogP contribution in [0.4, 0.5) is 27.7 Å². The first-order valence-electron chi connectivity index (χ1n) is 7.11. The van der Waals surface area contributed by atoms with E-state index in [2.05, 4.69) is 20.9 Å². The monoisotopic (exact) mass is 314 g/mol. The number of rotatable bonds is 5. The van der Waals surface area contributed by atoms with Crippen molar-refractivity contribution >= 4 is 34.9 Å². The molecule has 2 rings (SSSR count). The first-order valence-corrected chi connectivity index (χ1v) is 7.11. The maximum absolute atomic E-state index is 11.3. The van der Waals surface area contributed by atoms with Gasteiger partial charge in [0, 0.05) is 18.3 Å². The molecule has 3 N–H and O–H groups in total. The molecule has 1 aromatic carbocycles. The highest BCUT2D eigenvalue weighted by Crippen LogP contribution is 2.20. The molecule has 0 atom stereocenters. The molecule has 0 spiro atoms. The molecule has 0 aliphatic rings. The summed E-state index contributed by atoms with van der Waals surface area (Å²) in [5.41, 5.74) is 2.26. The van der Waals surface area contributed by atoms with Gasteiger partial charge >= 0.3 is 6.09 Å². The topological polar surface area (TPSA) is 92.4 Å². The van der Waals surface area contributed by atoms with E-state index < -0.39 is 6.09 Å².